The number of rotatable bonds is 38. The molecule has 0 aromatic carbocycles. The van der Waals surface area contributed by atoms with Crippen molar-refractivity contribution in [1.82, 2.24) is 0 Å². The summed E-state index contributed by atoms with van der Waals surface area (Å²) in [7, 11) is 1.12. The van der Waals surface area contributed by atoms with E-state index in [-0.39, 0.29) is 26.1 Å². The standard InChI is InChI=1S/C43H80NO9P/c1-6-8-10-11-12-13-14-15-16-17-20-24-27-31-35-43(47)53-41(39-52-54(48,49)51-37-36-44(3,4)5)38-50-42(46)34-30-26-23-21-18-19-22-25-29-33-40(45)32-28-9-7-2/h9,22,25,28-29,33,40-41,45H,6-8,10-21,23-24,26-27,30-32,34-39H2,1-5H3/b25-22+,28-9+,33-29+/t40?,41-/m1/s1. The first-order chi connectivity index (χ1) is 25.9. The minimum Gasteiger partial charge on any atom is -0.756 e. The average Bonchev–Trinajstić information content (AvgIpc) is 3.11. The molecule has 1 N–H and O–H groups in total. The lowest BCUT2D eigenvalue weighted by molar-refractivity contribution is -0.870. The molecule has 0 spiro atoms. The first-order valence-electron chi connectivity index (χ1n) is 21.3. The van der Waals surface area contributed by atoms with E-state index in [0.29, 0.717) is 30.3 Å². The molecule has 54 heavy (non-hydrogen) atoms. The van der Waals surface area contributed by atoms with Gasteiger partial charge < -0.3 is 33.0 Å². The molecule has 10 nitrogen and oxygen atoms in total. The van der Waals surface area contributed by atoms with Crippen LogP contribution in [0, 0.1) is 0 Å². The van der Waals surface area contributed by atoms with Gasteiger partial charge in [0.25, 0.3) is 7.82 Å². The smallest absolute Gasteiger partial charge is 0.306 e. The van der Waals surface area contributed by atoms with Gasteiger partial charge in [-0.15, -0.1) is 0 Å². The third-order valence-corrected chi connectivity index (χ3v) is 9.97. The first kappa shape index (κ1) is 52.2. The maximum absolute atomic E-state index is 12.6. The number of phosphoric acid groups is 1. The number of likely N-dealkylation sites (N-methyl/N-ethyl adjacent to an activating group) is 1. The van der Waals surface area contributed by atoms with Gasteiger partial charge >= 0.3 is 11.9 Å². The van der Waals surface area contributed by atoms with Crippen LogP contribution in [-0.4, -0.2) is 81.2 Å². The van der Waals surface area contributed by atoms with E-state index in [1.807, 2.05) is 45.4 Å². The van der Waals surface area contributed by atoms with Gasteiger partial charge in [-0.3, -0.25) is 14.2 Å². The molecule has 0 aliphatic heterocycles. The summed E-state index contributed by atoms with van der Waals surface area (Å²) in [5.41, 5.74) is 0. The van der Waals surface area contributed by atoms with Crippen molar-refractivity contribution in [2.45, 2.75) is 180 Å². The van der Waals surface area contributed by atoms with E-state index in [1.165, 1.54) is 64.2 Å². The highest BCUT2D eigenvalue weighted by atomic mass is 31.2. The second-order valence-electron chi connectivity index (χ2n) is 15.5. The number of allylic oxidation sites excluding steroid dienone is 4. The minimum atomic E-state index is -4.64. The van der Waals surface area contributed by atoms with Crippen LogP contribution in [0.5, 0.6) is 0 Å². The average molecular weight is 786 g/mol. The SMILES string of the molecule is CC/C=C/CC(O)/C=C/C=C/CCCCCCCC(=O)OC[C@H](COP(=O)([O-])OCC[N+](C)(C)C)OC(=O)CCCCCCCCCCCCCCCC. The molecule has 0 aliphatic rings. The molecule has 0 bridgehead atoms. The van der Waals surface area contributed by atoms with Gasteiger partial charge in [0.15, 0.2) is 6.10 Å². The van der Waals surface area contributed by atoms with Crippen molar-refractivity contribution in [3.05, 3.63) is 36.5 Å². The molecule has 3 atom stereocenters. The molecule has 11 heteroatoms. The number of aliphatic hydroxyl groups is 1. The van der Waals surface area contributed by atoms with Crippen molar-refractivity contribution in [3.63, 3.8) is 0 Å². The van der Waals surface area contributed by atoms with Crippen LogP contribution in [0.4, 0.5) is 0 Å². The number of hydrogen-bond acceptors (Lipinski definition) is 9. The van der Waals surface area contributed by atoms with Crippen LogP contribution >= 0.6 is 7.82 Å². The maximum Gasteiger partial charge on any atom is 0.306 e. The highest BCUT2D eigenvalue weighted by Gasteiger charge is 2.21. The Bertz CT molecular complexity index is 1040. The van der Waals surface area contributed by atoms with Gasteiger partial charge in [-0.25, -0.2) is 0 Å². The van der Waals surface area contributed by atoms with Crippen molar-refractivity contribution in [3.8, 4) is 0 Å². The normalized spacial score (nSPS) is 14.6. The van der Waals surface area contributed by atoms with Crippen molar-refractivity contribution in [1.29, 1.82) is 0 Å². The molecule has 0 saturated heterocycles. The summed E-state index contributed by atoms with van der Waals surface area (Å²) >= 11 is 0. The number of quaternary nitrogens is 1. The van der Waals surface area contributed by atoms with Gasteiger partial charge in [-0.2, -0.15) is 0 Å². The Hall–Kier alpha value is -1.81. The second kappa shape index (κ2) is 35.6. The van der Waals surface area contributed by atoms with Gasteiger partial charge in [0.2, 0.25) is 0 Å². The number of esters is 2. The summed E-state index contributed by atoms with van der Waals surface area (Å²) in [5.74, 6) is -0.886. The molecular formula is C43H80NO9P. The molecule has 0 amide bonds. The fraction of sp³-hybridized carbons (Fsp3) is 0.814. The van der Waals surface area contributed by atoms with Gasteiger partial charge in [0.1, 0.15) is 19.8 Å². The third-order valence-electron chi connectivity index (χ3n) is 9.00. The number of nitrogens with zero attached hydrogens (tertiary/aromatic N) is 1. The van der Waals surface area contributed by atoms with Crippen LogP contribution < -0.4 is 4.89 Å². The fourth-order valence-corrected chi connectivity index (χ4v) is 6.36. The zero-order valence-electron chi connectivity index (χ0n) is 35.0. The lowest BCUT2D eigenvalue weighted by Gasteiger charge is -2.28. The Morgan fingerprint density at radius 1 is 0.685 bits per heavy atom. The van der Waals surface area contributed by atoms with Crippen LogP contribution in [0.3, 0.4) is 0 Å². The number of unbranched alkanes of at least 4 members (excludes halogenated alkanes) is 18. The number of ether oxygens (including phenoxy) is 2. The molecule has 0 aromatic heterocycles. The number of hydrogen-bond donors (Lipinski definition) is 1. The molecule has 0 heterocycles. The zero-order chi connectivity index (χ0) is 40.2. The Kier molecular flexibility index (Phi) is 34.4. The summed E-state index contributed by atoms with van der Waals surface area (Å²) in [5, 5.41) is 9.87. The minimum absolute atomic E-state index is 0.0423. The number of aliphatic hydroxyl groups excluding tert-OH is 1. The summed E-state index contributed by atoms with van der Waals surface area (Å²) in [6.07, 6.45) is 35.0. The molecule has 0 saturated carbocycles. The van der Waals surface area contributed by atoms with E-state index < -0.39 is 38.6 Å². The van der Waals surface area contributed by atoms with Gasteiger partial charge in [0.05, 0.1) is 33.9 Å². The zero-order valence-corrected chi connectivity index (χ0v) is 35.9. The topological polar surface area (TPSA) is 131 Å². The van der Waals surface area contributed by atoms with Crippen molar-refractivity contribution >= 4 is 19.8 Å². The van der Waals surface area contributed by atoms with Crippen molar-refractivity contribution in [2.75, 3.05) is 47.5 Å². The number of phosphoric ester groups is 1. The predicted octanol–water partition coefficient (Wildman–Crippen LogP) is 10.1. The number of carbonyl (C=O) groups is 2. The van der Waals surface area contributed by atoms with Crippen LogP contribution in [0.1, 0.15) is 168 Å². The maximum atomic E-state index is 12.6. The van der Waals surface area contributed by atoms with Gasteiger partial charge in [-0.05, 0) is 38.5 Å². The fourth-order valence-electron chi connectivity index (χ4n) is 5.63. The Morgan fingerprint density at radius 2 is 1.22 bits per heavy atom. The molecule has 0 aliphatic carbocycles. The summed E-state index contributed by atoms with van der Waals surface area (Å²) in [4.78, 5) is 37.5. The van der Waals surface area contributed by atoms with E-state index in [9.17, 15) is 24.2 Å². The van der Waals surface area contributed by atoms with Crippen molar-refractivity contribution < 1.29 is 47.2 Å². The molecule has 2 unspecified atom stereocenters. The Morgan fingerprint density at radius 3 is 1.78 bits per heavy atom. The molecule has 0 radical (unpaired) electrons. The van der Waals surface area contributed by atoms with E-state index in [1.54, 1.807) is 6.08 Å². The largest absolute Gasteiger partial charge is 0.756 e. The van der Waals surface area contributed by atoms with E-state index in [0.717, 1.165) is 57.8 Å². The molecular weight excluding hydrogens is 705 g/mol. The van der Waals surface area contributed by atoms with E-state index in [2.05, 4.69) is 19.9 Å². The number of carbonyl (C=O) groups excluding carboxylic acids is 2. The van der Waals surface area contributed by atoms with Crippen molar-refractivity contribution in [2.24, 2.45) is 0 Å². The predicted molar refractivity (Wildman–Crippen MR) is 219 cm³/mol. The van der Waals surface area contributed by atoms with Crippen LogP contribution in [-0.2, 0) is 32.7 Å². The second-order valence-corrected chi connectivity index (χ2v) is 16.9. The Labute approximate surface area is 330 Å². The van der Waals surface area contributed by atoms with Gasteiger partial charge in [0, 0.05) is 12.8 Å². The lowest BCUT2D eigenvalue weighted by atomic mass is 10.0. The highest BCUT2D eigenvalue weighted by molar-refractivity contribution is 7.45. The van der Waals surface area contributed by atoms with E-state index >= 15 is 0 Å². The Balaban J connectivity index is 4.43. The summed E-state index contributed by atoms with van der Waals surface area (Å²) in [6.45, 7) is 3.97. The quantitative estimate of drug-likeness (QED) is 0.0162. The summed E-state index contributed by atoms with van der Waals surface area (Å²) in [6, 6.07) is 0. The molecule has 0 fully saturated rings. The highest BCUT2D eigenvalue weighted by Crippen LogP contribution is 2.38. The third kappa shape index (κ3) is 38.5. The van der Waals surface area contributed by atoms with Crippen LogP contribution in [0.25, 0.3) is 0 Å². The van der Waals surface area contributed by atoms with E-state index in [4.69, 9.17) is 18.5 Å². The first-order valence-corrected chi connectivity index (χ1v) is 22.8. The van der Waals surface area contributed by atoms with Crippen LogP contribution in [0.2, 0.25) is 0 Å². The van der Waals surface area contributed by atoms with Gasteiger partial charge in [-0.1, -0.05) is 153 Å². The summed E-state index contributed by atoms with van der Waals surface area (Å²) < 4.78 is 33.8. The monoisotopic (exact) mass is 786 g/mol. The molecule has 0 rings (SSSR count). The lowest BCUT2D eigenvalue weighted by Crippen LogP contribution is -2.37. The van der Waals surface area contributed by atoms with Crippen LogP contribution in [0.15, 0.2) is 36.5 Å². The molecule has 0 aromatic rings. The molecule has 316 valence electrons.